The smallest absolute Gasteiger partial charge is 0.462 e. The summed E-state index contributed by atoms with van der Waals surface area (Å²) in [5.74, 6) is -0.509. The van der Waals surface area contributed by atoms with Crippen LogP contribution in [0.3, 0.4) is 0 Å². The molecule has 19 heteroatoms. The Morgan fingerprint density at radius 2 is 0.438 bits per heavy atom. The highest BCUT2D eigenvalue weighted by atomic mass is 31.2. The number of hydrogen-bond acceptors (Lipinski definition) is 15. The molecule has 0 aromatic carbocycles. The third kappa shape index (κ3) is 79.9. The number of unbranched alkanes of at least 4 members (excludes halogenated alkanes) is 55. The van der Waals surface area contributed by atoms with E-state index in [9.17, 15) is 43.2 Å². The Hall–Kier alpha value is -1.94. The van der Waals surface area contributed by atoms with Crippen molar-refractivity contribution in [2.45, 2.75) is 477 Å². The molecule has 17 nitrogen and oxygen atoms in total. The molecule has 624 valence electrons. The summed E-state index contributed by atoms with van der Waals surface area (Å²) in [7, 11) is -9.92. The minimum Gasteiger partial charge on any atom is -0.462 e. The van der Waals surface area contributed by atoms with Crippen LogP contribution in [-0.2, 0) is 65.4 Å². The second kappa shape index (κ2) is 77.4. The van der Waals surface area contributed by atoms with Gasteiger partial charge in [0.15, 0.2) is 12.2 Å². The van der Waals surface area contributed by atoms with Gasteiger partial charge >= 0.3 is 39.5 Å². The Labute approximate surface area is 645 Å². The molecule has 0 saturated heterocycles. The fourth-order valence-electron chi connectivity index (χ4n) is 13.4. The molecule has 0 aliphatic rings. The van der Waals surface area contributed by atoms with Crippen molar-refractivity contribution in [3.05, 3.63) is 0 Å². The van der Waals surface area contributed by atoms with Crippen molar-refractivity contribution in [1.82, 2.24) is 0 Å². The summed E-state index contributed by atoms with van der Waals surface area (Å²) in [5.41, 5.74) is 0. The first kappa shape index (κ1) is 103. The maximum Gasteiger partial charge on any atom is 0.472 e. The van der Waals surface area contributed by atoms with Crippen molar-refractivity contribution in [3.63, 3.8) is 0 Å². The van der Waals surface area contributed by atoms with Gasteiger partial charge in [-0.2, -0.15) is 0 Å². The molecule has 0 spiro atoms. The molecule has 0 aromatic rings. The minimum absolute atomic E-state index is 0.108. The van der Waals surface area contributed by atoms with Gasteiger partial charge in [0.05, 0.1) is 26.4 Å². The molecule has 5 atom stereocenters. The van der Waals surface area contributed by atoms with Crippen molar-refractivity contribution in [2.24, 2.45) is 11.8 Å². The summed E-state index contributed by atoms with van der Waals surface area (Å²) < 4.78 is 68.8. The van der Waals surface area contributed by atoms with E-state index in [0.29, 0.717) is 25.7 Å². The number of ether oxygens (including phenoxy) is 4. The molecular weight excluding hydrogens is 1370 g/mol. The quantitative estimate of drug-likeness (QED) is 0.0222. The number of phosphoric acid groups is 2. The van der Waals surface area contributed by atoms with Gasteiger partial charge in [-0.3, -0.25) is 37.3 Å². The SMILES string of the molecule is CCCCCCCCCCCCCCCCCCCCCCCCC(=O)O[C@H](COC(=O)CCCCCCCCCCCCCCCCC(C)C)COP(=O)(O)OC[C@@H](O)COP(=O)(O)OC[C@@H](COC(=O)CCCCCCCCCCC)OC(=O)CCCCCCCCCCCCCCCCC(C)C. The molecule has 0 fully saturated rings. The molecule has 0 rings (SSSR count). The highest BCUT2D eigenvalue weighted by molar-refractivity contribution is 7.47. The zero-order chi connectivity index (χ0) is 77.1. The fourth-order valence-corrected chi connectivity index (χ4v) is 15.0. The zero-order valence-corrected chi connectivity index (χ0v) is 70.8. The average Bonchev–Trinajstić information content (AvgIpc) is 0.983. The third-order valence-electron chi connectivity index (χ3n) is 20.2. The van der Waals surface area contributed by atoms with Crippen LogP contribution in [0, 0.1) is 11.8 Å². The van der Waals surface area contributed by atoms with Gasteiger partial charge in [-0.05, 0) is 37.5 Å². The molecule has 0 aliphatic heterocycles. The van der Waals surface area contributed by atoms with E-state index in [0.717, 1.165) is 102 Å². The van der Waals surface area contributed by atoms with E-state index in [4.69, 9.17) is 37.0 Å². The maximum absolute atomic E-state index is 13.1. The maximum atomic E-state index is 13.1. The molecule has 0 aromatic heterocycles. The lowest BCUT2D eigenvalue weighted by Crippen LogP contribution is -2.30. The van der Waals surface area contributed by atoms with E-state index < -0.39 is 97.5 Å². The van der Waals surface area contributed by atoms with Crippen LogP contribution in [0.4, 0.5) is 0 Å². The standard InChI is InChI=1S/C86H168O17P2/c1-7-9-11-13-15-17-18-19-20-21-22-23-24-25-26-27-35-40-46-52-58-64-70-86(91)103-82(75-97-84(89)69-63-57-51-45-39-34-30-28-32-37-43-48-54-60-66-78(3)4)77-101-105(94,95)99-73-80(87)72-98-104(92,93)100-76-81(74-96-83(88)68-62-56-50-42-16-14-12-10-8-2)102-85(90)71-65-59-53-47-41-36-31-29-33-38-44-49-55-61-67-79(5)6/h78-82,87H,7-77H2,1-6H3,(H,92,93)(H,94,95)/t80-,81+,82+/m0/s1. The first-order chi connectivity index (χ1) is 50.9. The van der Waals surface area contributed by atoms with Gasteiger partial charge in [0.2, 0.25) is 0 Å². The molecule has 0 amide bonds. The summed E-state index contributed by atoms with van der Waals surface area (Å²) in [4.78, 5) is 73.2. The predicted molar refractivity (Wildman–Crippen MR) is 432 cm³/mol. The number of hydrogen-bond donors (Lipinski definition) is 3. The molecular formula is C86H168O17P2. The van der Waals surface area contributed by atoms with Gasteiger partial charge < -0.3 is 33.8 Å². The number of aliphatic hydroxyl groups is 1. The Morgan fingerprint density at radius 3 is 0.648 bits per heavy atom. The molecule has 0 saturated carbocycles. The van der Waals surface area contributed by atoms with Crippen molar-refractivity contribution in [2.75, 3.05) is 39.6 Å². The molecule has 3 N–H and O–H groups in total. The Bertz CT molecular complexity index is 2010. The van der Waals surface area contributed by atoms with Gasteiger partial charge in [-0.25, -0.2) is 9.13 Å². The number of aliphatic hydroxyl groups excluding tert-OH is 1. The lowest BCUT2D eigenvalue weighted by Gasteiger charge is -2.21. The van der Waals surface area contributed by atoms with E-state index in [1.165, 1.54) is 276 Å². The first-order valence-corrected chi connectivity index (χ1v) is 47.5. The van der Waals surface area contributed by atoms with Gasteiger partial charge in [0.25, 0.3) is 0 Å². The third-order valence-corrected chi connectivity index (χ3v) is 22.1. The highest BCUT2D eigenvalue weighted by Crippen LogP contribution is 2.45. The van der Waals surface area contributed by atoms with Crippen LogP contribution in [0.15, 0.2) is 0 Å². The van der Waals surface area contributed by atoms with Crippen molar-refractivity contribution in [1.29, 1.82) is 0 Å². The van der Waals surface area contributed by atoms with Crippen LogP contribution in [0.2, 0.25) is 0 Å². The van der Waals surface area contributed by atoms with Gasteiger partial charge in [0, 0.05) is 25.7 Å². The molecule has 105 heavy (non-hydrogen) atoms. The fraction of sp³-hybridized carbons (Fsp3) is 0.953. The summed E-state index contributed by atoms with van der Waals surface area (Å²) in [6.45, 7) is 9.70. The van der Waals surface area contributed by atoms with Gasteiger partial charge in [0.1, 0.15) is 19.3 Å². The second-order valence-corrected chi connectivity index (χ2v) is 34.8. The molecule has 2 unspecified atom stereocenters. The van der Waals surface area contributed by atoms with Crippen molar-refractivity contribution in [3.8, 4) is 0 Å². The van der Waals surface area contributed by atoms with Gasteiger partial charge in [-0.15, -0.1) is 0 Å². The average molecular weight is 1540 g/mol. The second-order valence-electron chi connectivity index (χ2n) is 31.9. The predicted octanol–water partition coefficient (Wildman–Crippen LogP) is 26.2. The molecule has 0 aliphatic carbocycles. The number of phosphoric ester groups is 2. The van der Waals surface area contributed by atoms with Crippen LogP contribution >= 0.6 is 15.6 Å². The summed E-state index contributed by atoms with van der Waals surface area (Å²) >= 11 is 0. The monoisotopic (exact) mass is 1540 g/mol. The highest BCUT2D eigenvalue weighted by Gasteiger charge is 2.30. The first-order valence-electron chi connectivity index (χ1n) is 44.5. The zero-order valence-electron chi connectivity index (χ0n) is 69.0. The van der Waals surface area contributed by atoms with Gasteiger partial charge in [-0.1, -0.05) is 408 Å². The van der Waals surface area contributed by atoms with E-state index in [-0.39, 0.29) is 25.7 Å². The van der Waals surface area contributed by atoms with E-state index in [1.807, 2.05) is 0 Å². The van der Waals surface area contributed by atoms with Crippen molar-refractivity contribution >= 4 is 39.5 Å². The number of carbonyl (C=O) groups is 4. The number of esters is 4. The molecule has 0 bridgehead atoms. The summed E-state index contributed by atoms with van der Waals surface area (Å²) in [6.07, 6.45) is 69.5. The topological polar surface area (TPSA) is 237 Å². The van der Waals surface area contributed by atoms with Crippen LogP contribution in [0.5, 0.6) is 0 Å². The summed E-state index contributed by atoms with van der Waals surface area (Å²) in [5, 5.41) is 10.7. The van der Waals surface area contributed by atoms with Crippen LogP contribution in [-0.4, -0.2) is 96.7 Å². The van der Waals surface area contributed by atoms with E-state index in [1.54, 1.807) is 0 Å². The lowest BCUT2D eigenvalue weighted by molar-refractivity contribution is -0.161. The van der Waals surface area contributed by atoms with Crippen LogP contribution in [0.1, 0.15) is 459 Å². The number of rotatable bonds is 85. The van der Waals surface area contributed by atoms with Crippen LogP contribution in [0.25, 0.3) is 0 Å². The van der Waals surface area contributed by atoms with Crippen LogP contribution < -0.4 is 0 Å². The summed E-state index contributed by atoms with van der Waals surface area (Å²) in [6, 6.07) is 0. The minimum atomic E-state index is -4.97. The van der Waals surface area contributed by atoms with E-state index >= 15 is 0 Å². The van der Waals surface area contributed by atoms with Crippen molar-refractivity contribution < 1.29 is 80.2 Å². The lowest BCUT2D eigenvalue weighted by atomic mass is 10.0. The Kier molecular flexibility index (Phi) is 76.0. The number of carbonyl (C=O) groups excluding carboxylic acids is 4. The Morgan fingerprint density at radius 1 is 0.257 bits per heavy atom. The molecule has 0 radical (unpaired) electrons. The normalized spacial score (nSPS) is 13.8. The largest absolute Gasteiger partial charge is 0.472 e. The Balaban J connectivity index is 5.20. The van der Waals surface area contributed by atoms with E-state index in [2.05, 4.69) is 41.5 Å². The molecule has 0 heterocycles.